The Morgan fingerprint density at radius 1 is 1.33 bits per heavy atom. The Morgan fingerprint density at radius 2 is 1.88 bits per heavy atom. The molecule has 126 valence electrons. The molecular weight excluding hydrogens is 339 g/mol. The van der Waals surface area contributed by atoms with Crippen LogP contribution in [0.25, 0.3) is 0 Å². The zero-order valence-electron chi connectivity index (χ0n) is 11.9. The van der Waals surface area contributed by atoms with Gasteiger partial charge >= 0.3 is 11.9 Å². The van der Waals surface area contributed by atoms with Gasteiger partial charge in [0.1, 0.15) is 17.3 Å². The predicted octanol–water partition coefficient (Wildman–Crippen LogP) is 3.32. The average Bonchev–Trinajstić information content (AvgIpc) is 2.79. The molecule has 0 aliphatic heterocycles. The van der Waals surface area contributed by atoms with Crippen molar-refractivity contribution in [2.75, 3.05) is 0 Å². The molecular formula is C13H7F5N4O2. The lowest BCUT2D eigenvalue weighted by Gasteiger charge is -2.07. The number of nitro groups is 1. The van der Waals surface area contributed by atoms with Gasteiger partial charge in [0, 0.05) is 5.56 Å². The minimum absolute atomic E-state index is 0.312. The van der Waals surface area contributed by atoms with Crippen LogP contribution in [0.3, 0.4) is 0 Å². The molecule has 6 nitrogen and oxygen atoms in total. The SMILES string of the molecule is Cc1c([N+](=O)[O-])c(C(F)(F)F)nn1Cc1c(F)cc(C#N)cc1F. The molecule has 1 aromatic carbocycles. The Bertz CT molecular complexity index is 843. The highest BCUT2D eigenvalue weighted by Crippen LogP contribution is 2.37. The molecule has 0 aliphatic rings. The summed E-state index contributed by atoms with van der Waals surface area (Å²) in [4.78, 5) is 9.58. The van der Waals surface area contributed by atoms with Crippen LogP contribution < -0.4 is 0 Å². The summed E-state index contributed by atoms with van der Waals surface area (Å²) >= 11 is 0. The van der Waals surface area contributed by atoms with E-state index in [1.807, 2.05) is 0 Å². The number of nitriles is 1. The summed E-state index contributed by atoms with van der Waals surface area (Å²) < 4.78 is 66.6. The highest BCUT2D eigenvalue weighted by atomic mass is 19.4. The number of hydrogen-bond acceptors (Lipinski definition) is 4. The minimum atomic E-state index is -5.10. The molecule has 0 saturated carbocycles. The van der Waals surface area contributed by atoms with Gasteiger partial charge < -0.3 is 0 Å². The summed E-state index contributed by atoms with van der Waals surface area (Å²) in [6, 6.07) is 2.93. The van der Waals surface area contributed by atoms with Crippen molar-refractivity contribution in [3.05, 3.63) is 56.4 Å². The van der Waals surface area contributed by atoms with Gasteiger partial charge in [0.2, 0.25) is 5.69 Å². The molecule has 0 fully saturated rings. The van der Waals surface area contributed by atoms with Crippen LogP contribution in [0.15, 0.2) is 12.1 Å². The van der Waals surface area contributed by atoms with Crippen molar-refractivity contribution in [2.24, 2.45) is 0 Å². The Kier molecular flexibility index (Phi) is 4.24. The first-order chi connectivity index (χ1) is 11.1. The van der Waals surface area contributed by atoms with Crippen molar-refractivity contribution < 1.29 is 26.9 Å². The Labute approximate surface area is 130 Å². The van der Waals surface area contributed by atoms with E-state index < -0.39 is 51.9 Å². The second-order valence-corrected chi connectivity index (χ2v) is 4.73. The molecule has 0 aliphatic carbocycles. The number of aromatic nitrogens is 2. The van der Waals surface area contributed by atoms with Crippen LogP contribution >= 0.6 is 0 Å². The summed E-state index contributed by atoms with van der Waals surface area (Å²) in [7, 11) is 0. The standard InChI is InChI=1S/C13H7F5N4O2/c1-6-11(22(23)24)12(13(16,17)18)20-21(6)5-8-9(14)2-7(4-19)3-10(8)15/h2-3H,5H2,1H3. The molecule has 0 radical (unpaired) electrons. The maximum atomic E-state index is 13.8. The molecule has 1 heterocycles. The third-order valence-corrected chi connectivity index (χ3v) is 3.20. The van der Waals surface area contributed by atoms with Crippen molar-refractivity contribution >= 4 is 5.69 Å². The van der Waals surface area contributed by atoms with E-state index in [4.69, 9.17) is 5.26 Å². The van der Waals surface area contributed by atoms with Crippen molar-refractivity contribution in [3.8, 4) is 6.07 Å². The second-order valence-electron chi connectivity index (χ2n) is 4.73. The van der Waals surface area contributed by atoms with Crippen molar-refractivity contribution in [3.63, 3.8) is 0 Å². The first kappa shape index (κ1) is 17.3. The van der Waals surface area contributed by atoms with E-state index in [-0.39, 0.29) is 5.56 Å². The monoisotopic (exact) mass is 346 g/mol. The number of hydrogen-bond donors (Lipinski definition) is 0. The lowest BCUT2D eigenvalue weighted by atomic mass is 10.1. The van der Waals surface area contributed by atoms with E-state index in [9.17, 15) is 32.1 Å². The maximum Gasteiger partial charge on any atom is 0.442 e. The largest absolute Gasteiger partial charge is 0.442 e. The van der Waals surface area contributed by atoms with Crippen molar-refractivity contribution in [2.45, 2.75) is 19.6 Å². The van der Waals surface area contributed by atoms with Gasteiger partial charge in [-0.15, -0.1) is 0 Å². The first-order valence-electron chi connectivity index (χ1n) is 6.23. The predicted molar refractivity (Wildman–Crippen MR) is 68.8 cm³/mol. The van der Waals surface area contributed by atoms with Gasteiger partial charge in [0.15, 0.2) is 0 Å². The van der Waals surface area contributed by atoms with Gasteiger partial charge in [-0.25, -0.2) is 8.78 Å². The van der Waals surface area contributed by atoms with Gasteiger partial charge in [-0.2, -0.15) is 23.5 Å². The number of alkyl halides is 3. The quantitative estimate of drug-likeness (QED) is 0.485. The zero-order chi connectivity index (χ0) is 18.2. The topological polar surface area (TPSA) is 84.8 Å². The summed E-state index contributed by atoms with van der Waals surface area (Å²) in [6.07, 6.45) is -5.10. The van der Waals surface area contributed by atoms with Crippen LogP contribution in [-0.2, 0) is 12.7 Å². The van der Waals surface area contributed by atoms with Gasteiger partial charge in [0.25, 0.3) is 0 Å². The second kappa shape index (κ2) is 5.88. The molecule has 0 bridgehead atoms. The fourth-order valence-electron chi connectivity index (χ4n) is 2.07. The zero-order valence-corrected chi connectivity index (χ0v) is 11.9. The molecule has 2 aromatic rings. The van der Waals surface area contributed by atoms with Crippen molar-refractivity contribution in [1.29, 1.82) is 5.26 Å². The molecule has 0 amide bonds. The fourth-order valence-corrected chi connectivity index (χ4v) is 2.07. The van der Waals surface area contributed by atoms with E-state index in [1.54, 1.807) is 0 Å². The molecule has 11 heteroatoms. The number of nitrogens with zero attached hydrogens (tertiary/aromatic N) is 4. The maximum absolute atomic E-state index is 13.8. The summed E-state index contributed by atoms with van der Waals surface area (Å²) in [6.45, 7) is 0.186. The Balaban J connectivity index is 2.57. The number of benzene rings is 1. The van der Waals surface area contributed by atoms with E-state index in [1.165, 1.54) is 6.07 Å². The summed E-state index contributed by atoms with van der Waals surface area (Å²) in [5.74, 6) is -2.34. The molecule has 0 unspecified atom stereocenters. The van der Waals surface area contributed by atoms with Gasteiger partial charge in [-0.05, 0) is 19.1 Å². The Hall–Kier alpha value is -3.03. The average molecular weight is 346 g/mol. The van der Waals surface area contributed by atoms with Crippen LogP contribution in [0, 0.1) is 40.0 Å². The molecule has 0 spiro atoms. The van der Waals surface area contributed by atoms with Crippen LogP contribution in [0.1, 0.15) is 22.5 Å². The van der Waals surface area contributed by atoms with Crippen LogP contribution in [0.2, 0.25) is 0 Å². The van der Waals surface area contributed by atoms with Crippen molar-refractivity contribution in [1.82, 2.24) is 9.78 Å². The van der Waals surface area contributed by atoms with Gasteiger partial charge in [-0.1, -0.05) is 0 Å². The fraction of sp³-hybridized carbons (Fsp3) is 0.231. The number of rotatable bonds is 3. The highest BCUT2D eigenvalue weighted by Gasteiger charge is 2.44. The molecule has 1 aromatic heterocycles. The lowest BCUT2D eigenvalue weighted by Crippen LogP contribution is -2.11. The van der Waals surface area contributed by atoms with Crippen LogP contribution in [0.5, 0.6) is 0 Å². The third kappa shape index (κ3) is 3.03. The molecule has 0 N–H and O–H groups in total. The van der Waals surface area contributed by atoms with Crippen LogP contribution in [-0.4, -0.2) is 14.7 Å². The highest BCUT2D eigenvalue weighted by molar-refractivity contribution is 5.43. The molecule has 2 rings (SSSR count). The lowest BCUT2D eigenvalue weighted by molar-refractivity contribution is -0.388. The van der Waals surface area contributed by atoms with Gasteiger partial charge in [0.05, 0.1) is 23.1 Å². The Morgan fingerprint density at radius 3 is 2.25 bits per heavy atom. The van der Waals surface area contributed by atoms with Gasteiger partial charge in [-0.3, -0.25) is 14.8 Å². The van der Waals surface area contributed by atoms with E-state index >= 15 is 0 Å². The van der Waals surface area contributed by atoms with E-state index in [0.29, 0.717) is 16.8 Å². The summed E-state index contributed by atoms with van der Waals surface area (Å²) in [5, 5.41) is 22.5. The minimum Gasteiger partial charge on any atom is -0.258 e. The van der Waals surface area contributed by atoms with E-state index in [0.717, 1.165) is 6.92 Å². The smallest absolute Gasteiger partial charge is 0.258 e. The number of halogens is 5. The molecule has 0 atom stereocenters. The molecule has 0 saturated heterocycles. The van der Waals surface area contributed by atoms with Crippen LogP contribution in [0.4, 0.5) is 27.6 Å². The third-order valence-electron chi connectivity index (χ3n) is 3.20. The molecule has 24 heavy (non-hydrogen) atoms. The van der Waals surface area contributed by atoms with E-state index in [2.05, 4.69) is 5.10 Å². The summed E-state index contributed by atoms with van der Waals surface area (Å²) in [5.41, 5.74) is -4.51. The normalized spacial score (nSPS) is 11.4. The first-order valence-corrected chi connectivity index (χ1v) is 6.23.